The Balaban J connectivity index is 1.99. The highest BCUT2D eigenvalue weighted by atomic mass is 32.2. The lowest BCUT2D eigenvalue weighted by molar-refractivity contribution is -0.137. The van der Waals surface area contributed by atoms with Gasteiger partial charge >= 0.3 is 0 Å². The molecule has 2 amide bonds. The van der Waals surface area contributed by atoms with Gasteiger partial charge in [0.25, 0.3) is 0 Å². The van der Waals surface area contributed by atoms with E-state index >= 15 is 0 Å². The lowest BCUT2D eigenvalue weighted by Crippen LogP contribution is -2.58. The van der Waals surface area contributed by atoms with Gasteiger partial charge in [-0.3, -0.25) is 9.59 Å². The lowest BCUT2D eigenvalue weighted by Gasteiger charge is -2.37. The minimum atomic E-state index is -3.59. The number of benzene rings is 1. The number of hydrogen-bond donors (Lipinski definition) is 2. The normalized spacial score (nSPS) is 16.9. The summed E-state index contributed by atoms with van der Waals surface area (Å²) in [5.74, 6) is -0.830. The van der Waals surface area contributed by atoms with Crippen molar-refractivity contribution < 1.29 is 18.0 Å². The summed E-state index contributed by atoms with van der Waals surface area (Å²) >= 11 is 0. The molecule has 2 N–H and O–H groups in total. The summed E-state index contributed by atoms with van der Waals surface area (Å²) < 4.78 is 23.1. The summed E-state index contributed by atoms with van der Waals surface area (Å²) in [5.41, 5.74) is 0.954. The first-order chi connectivity index (χ1) is 11.8. The fraction of sp³-hybridized carbons (Fsp3) is 0.529. The molecule has 1 saturated heterocycles. The highest BCUT2D eigenvalue weighted by molar-refractivity contribution is 7.92. The van der Waals surface area contributed by atoms with Gasteiger partial charge in [0.1, 0.15) is 0 Å². The Morgan fingerprint density at radius 1 is 1.20 bits per heavy atom. The third kappa shape index (κ3) is 4.58. The zero-order valence-corrected chi connectivity index (χ0v) is 15.4. The molecule has 0 spiro atoms. The van der Waals surface area contributed by atoms with Crippen molar-refractivity contribution in [3.8, 4) is 0 Å². The monoisotopic (exact) mass is 367 g/mol. The fourth-order valence-corrected chi connectivity index (χ4v) is 4.48. The SMILES string of the molecule is CN(CC(=O)NCc1ccccc1)C(=O)C1(S(C)(=O)=O)CCNCC1. The second-order valence-electron chi connectivity index (χ2n) is 6.44. The van der Waals surface area contributed by atoms with Crippen LogP contribution in [0.1, 0.15) is 18.4 Å². The Morgan fingerprint density at radius 3 is 2.36 bits per heavy atom. The number of amides is 2. The van der Waals surface area contributed by atoms with Gasteiger partial charge in [-0.1, -0.05) is 30.3 Å². The molecule has 1 aromatic rings. The van der Waals surface area contributed by atoms with Crippen LogP contribution in [0.25, 0.3) is 0 Å². The van der Waals surface area contributed by atoms with E-state index in [-0.39, 0.29) is 25.3 Å². The van der Waals surface area contributed by atoms with Gasteiger partial charge in [0.2, 0.25) is 11.8 Å². The van der Waals surface area contributed by atoms with Crippen LogP contribution < -0.4 is 10.6 Å². The number of carbonyl (C=O) groups is 2. The van der Waals surface area contributed by atoms with E-state index in [1.807, 2.05) is 30.3 Å². The van der Waals surface area contributed by atoms with Gasteiger partial charge in [0.15, 0.2) is 14.6 Å². The number of hydrogen-bond acceptors (Lipinski definition) is 5. The summed E-state index contributed by atoms with van der Waals surface area (Å²) in [5, 5.41) is 5.81. The smallest absolute Gasteiger partial charge is 0.244 e. The first-order valence-corrected chi connectivity index (χ1v) is 10.1. The summed E-state index contributed by atoms with van der Waals surface area (Å²) in [7, 11) is -2.11. The van der Waals surface area contributed by atoms with Crippen LogP contribution in [0.15, 0.2) is 30.3 Å². The predicted octanol–water partition coefficient (Wildman–Crippen LogP) is -0.0720. The standard InChI is InChI=1S/C17H25N3O4S/c1-20(13-15(21)19-12-14-6-4-3-5-7-14)16(22)17(25(2,23)24)8-10-18-11-9-17/h3-7,18H,8-13H2,1-2H3,(H,19,21). The van der Waals surface area contributed by atoms with Gasteiger partial charge in [-0.05, 0) is 31.5 Å². The summed E-state index contributed by atoms with van der Waals surface area (Å²) in [6, 6.07) is 9.43. The van der Waals surface area contributed by atoms with E-state index in [2.05, 4.69) is 10.6 Å². The molecule has 0 aromatic heterocycles. The molecule has 1 heterocycles. The Labute approximate surface area is 148 Å². The quantitative estimate of drug-likeness (QED) is 0.734. The Hall–Kier alpha value is -1.93. The van der Waals surface area contributed by atoms with Crippen molar-refractivity contribution in [3.05, 3.63) is 35.9 Å². The highest BCUT2D eigenvalue weighted by Gasteiger charge is 2.50. The first kappa shape index (κ1) is 19.4. The van der Waals surface area contributed by atoms with Crippen LogP contribution in [-0.4, -0.2) is 62.8 Å². The van der Waals surface area contributed by atoms with Crippen LogP contribution in [0, 0.1) is 0 Å². The maximum atomic E-state index is 12.8. The van der Waals surface area contributed by atoms with Crippen molar-refractivity contribution >= 4 is 21.7 Å². The minimum absolute atomic E-state index is 0.170. The average molecular weight is 367 g/mol. The number of sulfone groups is 1. The molecule has 0 radical (unpaired) electrons. The maximum Gasteiger partial charge on any atom is 0.244 e. The van der Waals surface area contributed by atoms with Crippen molar-refractivity contribution in [2.45, 2.75) is 24.1 Å². The lowest BCUT2D eigenvalue weighted by atomic mass is 9.95. The third-order valence-electron chi connectivity index (χ3n) is 4.57. The molecule has 8 heteroatoms. The molecule has 7 nitrogen and oxygen atoms in total. The predicted molar refractivity (Wildman–Crippen MR) is 95.6 cm³/mol. The fourth-order valence-electron chi connectivity index (χ4n) is 3.06. The molecular weight excluding hydrogens is 342 g/mol. The molecule has 1 aliphatic heterocycles. The third-order valence-corrected chi connectivity index (χ3v) is 6.57. The molecule has 0 unspecified atom stereocenters. The van der Waals surface area contributed by atoms with Crippen molar-refractivity contribution in [2.24, 2.45) is 0 Å². The average Bonchev–Trinajstić information content (AvgIpc) is 2.60. The molecule has 1 aliphatic rings. The van der Waals surface area contributed by atoms with Crippen LogP contribution in [0.4, 0.5) is 0 Å². The molecule has 0 saturated carbocycles. The van der Waals surface area contributed by atoms with Gasteiger partial charge in [0, 0.05) is 19.8 Å². The topological polar surface area (TPSA) is 95.6 Å². The van der Waals surface area contributed by atoms with E-state index in [9.17, 15) is 18.0 Å². The van der Waals surface area contributed by atoms with E-state index in [4.69, 9.17) is 0 Å². The van der Waals surface area contributed by atoms with Gasteiger partial charge in [0.05, 0.1) is 6.54 Å². The number of rotatable bonds is 6. The second-order valence-corrected chi connectivity index (χ2v) is 8.77. The Morgan fingerprint density at radius 2 is 1.80 bits per heavy atom. The van der Waals surface area contributed by atoms with E-state index in [0.717, 1.165) is 11.8 Å². The van der Waals surface area contributed by atoms with Crippen LogP contribution in [-0.2, 0) is 26.0 Å². The van der Waals surface area contributed by atoms with E-state index in [1.165, 1.54) is 11.9 Å². The largest absolute Gasteiger partial charge is 0.350 e. The summed E-state index contributed by atoms with van der Waals surface area (Å²) in [6.07, 6.45) is 1.54. The van der Waals surface area contributed by atoms with Gasteiger partial charge in [-0.2, -0.15) is 0 Å². The number of nitrogens with one attached hydrogen (secondary N) is 2. The molecular formula is C17H25N3O4S. The Bertz CT molecular complexity index is 713. The molecule has 0 bridgehead atoms. The summed E-state index contributed by atoms with van der Waals surface area (Å²) in [6.45, 7) is 1.12. The van der Waals surface area contributed by atoms with Crippen LogP contribution >= 0.6 is 0 Å². The number of nitrogens with zero attached hydrogens (tertiary/aromatic N) is 1. The van der Waals surface area contributed by atoms with Gasteiger partial charge in [-0.15, -0.1) is 0 Å². The number of carbonyl (C=O) groups excluding carboxylic acids is 2. The van der Waals surface area contributed by atoms with Crippen LogP contribution in [0.5, 0.6) is 0 Å². The summed E-state index contributed by atoms with van der Waals surface area (Å²) in [4.78, 5) is 26.1. The molecule has 1 aromatic carbocycles. The van der Waals surface area contributed by atoms with E-state index < -0.39 is 20.5 Å². The molecule has 25 heavy (non-hydrogen) atoms. The second kappa shape index (κ2) is 7.97. The number of piperidine rings is 1. The zero-order chi connectivity index (χ0) is 18.5. The van der Waals surface area contributed by atoms with Gasteiger partial charge in [-0.25, -0.2) is 8.42 Å². The molecule has 0 atom stereocenters. The minimum Gasteiger partial charge on any atom is -0.350 e. The molecule has 138 valence electrons. The van der Waals surface area contributed by atoms with Crippen molar-refractivity contribution in [2.75, 3.05) is 32.9 Å². The van der Waals surface area contributed by atoms with Crippen LogP contribution in [0.2, 0.25) is 0 Å². The molecule has 2 rings (SSSR count). The maximum absolute atomic E-state index is 12.8. The van der Waals surface area contributed by atoms with Crippen molar-refractivity contribution in [3.63, 3.8) is 0 Å². The first-order valence-electron chi connectivity index (χ1n) is 8.23. The molecule has 1 fully saturated rings. The Kier molecular flexibility index (Phi) is 6.18. The number of likely N-dealkylation sites (N-methyl/N-ethyl adjacent to an activating group) is 1. The molecule has 0 aliphatic carbocycles. The van der Waals surface area contributed by atoms with E-state index in [1.54, 1.807) is 0 Å². The van der Waals surface area contributed by atoms with Crippen molar-refractivity contribution in [1.29, 1.82) is 0 Å². The van der Waals surface area contributed by atoms with Crippen LogP contribution in [0.3, 0.4) is 0 Å². The zero-order valence-electron chi connectivity index (χ0n) is 14.6. The van der Waals surface area contributed by atoms with E-state index in [0.29, 0.717) is 19.6 Å². The van der Waals surface area contributed by atoms with Crippen molar-refractivity contribution in [1.82, 2.24) is 15.5 Å². The van der Waals surface area contributed by atoms with Gasteiger partial charge < -0.3 is 15.5 Å². The highest BCUT2D eigenvalue weighted by Crippen LogP contribution is 2.29.